The fraction of sp³-hybridized carbons (Fsp3) is 0.500. The molecule has 1 aliphatic rings. The number of amides is 2. The van der Waals surface area contributed by atoms with Crippen LogP contribution in [0, 0.1) is 0 Å². The van der Waals surface area contributed by atoms with E-state index in [-0.39, 0.29) is 19.3 Å². The topological polar surface area (TPSA) is 176 Å². The molecule has 164 valence electrons. The van der Waals surface area contributed by atoms with Gasteiger partial charge in [0, 0.05) is 18.5 Å². The lowest BCUT2D eigenvalue weighted by Gasteiger charge is -2.24. The maximum absolute atomic E-state index is 12.8. The molecular formula is C20H28N4O6. The number of nitrogens with one attached hydrogen (secondary N) is 1. The summed E-state index contributed by atoms with van der Waals surface area (Å²) in [6.07, 6.45) is 1.50. The van der Waals surface area contributed by atoms with Gasteiger partial charge >= 0.3 is 11.9 Å². The minimum absolute atomic E-state index is 0.180. The molecule has 2 rings (SSSR count). The van der Waals surface area contributed by atoms with Gasteiger partial charge in [-0.1, -0.05) is 24.6 Å². The van der Waals surface area contributed by atoms with E-state index in [0.29, 0.717) is 31.5 Å². The highest BCUT2D eigenvalue weighted by atomic mass is 16.4. The number of aliphatic carboxylic acids is 2. The molecule has 0 radical (unpaired) electrons. The molecule has 1 aliphatic heterocycles. The van der Waals surface area contributed by atoms with Crippen molar-refractivity contribution in [2.75, 3.05) is 11.4 Å². The van der Waals surface area contributed by atoms with Crippen LogP contribution in [0.4, 0.5) is 5.69 Å². The maximum atomic E-state index is 12.8. The van der Waals surface area contributed by atoms with Crippen molar-refractivity contribution in [3.8, 4) is 0 Å². The molecule has 1 aromatic rings. The van der Waals surface area contributed by atoms with Crippen LogP contribution in [0.15, 0.2) is 24.3 Å². The predicted octanol–water partition coefficient (Wildman–Crippen LogP) is -0.165. The van der Waals surface area contributed by atoms with Gasteiger partial charge < -0.3 is 27.0 Å². The minimum atomic E-state index is -1.30. The second-order valence-corrected chi connectivity index (χ2v) is 7.28. The van der Waals surface area contributed by atoms with E-state index in [1.807, 2.05) is 0 Å². The van der Waals surface area contributed by atoms with Crippen LogP contribution in [-0.4, -0.2) is 58.6 Å². The summed E-state index contributed by atoms with van der Waals surface area (Å²) in [6, 6.07) is 3.68. The van der Waals surface area contributed by atoms with Gasteiger partial charge in [0.05, 0.1) is 6.04 Å². The monoisotopic (exact) mass is 420 g/mol. The quantitative estimate of drug-likeness (QED) is 0.307. The van der Waals surface area contributed by atoms with Gasteiger partial charge in [0.2, 0.25) is 11.8 Å². The highest BCUT2D eigenvalue weighted by Crippen LogP contribution is 2.32. The van der Waals surface area contributed by atoms with Gasteiger partial charge in [-0.05, 0) is 37.4 Å². The molecule has 1 heterocycles. The van der Waals surface area contributed by atoms with E-state index in [1.54, 1.807) is 24.3 Å². The van der Waals surface area contributed by atoms with E-state index in [1.165, 1.54) is 4.90 Å². The van der Waals surface area contributed by atoms with Crippen molar-refractivity contribution < 1.29 is 29.4 Å². The van der Waals surface area contributed by atoms with E-state index >= 15 is 0 Å². The van der Waals surface area contributed by atoms with Gasteiger partial charge in [-0.3, -0.25) is 14.5 Å². The number of anilines is 1. The summed E-state index contributed by atoms with van der Waals surface area (Å²) in [5.74, 6) is -3.55. The zero-order chi connectivity index (χ0) is 22.3. The normalized spacial score (nSPS) is 17.1. The summed E-state index contributed by atoms with van der Waals surface area (Å²) >= 11 is 0. The largest absolute Gasteiger partial charge is 0.480 e. The van der Waals surface area contributed by atoms with Crippen LogP contribution in [0.3, 0.4) is 0 Å². The van der Waals surface area contributed by atoms with Gasteiger partial charge in [-0.25, -0.2) is 9.59 Å². The standard InChI is InChI=1S/C20H28N4O6/c21-10-4-3-6-13(22)18(26)23-14(19(27)28)8-9-17(25)24-15-7-2-1-5-12(15)11-16(24)20(29)30/h1-2,5,7,13-14,16H,3-4,6,8-11,21-22H2,(H,23,26)(H,27,28)(H,29,30)/t13?,14-,16+/m1/s1. The molecule has 1 unspecified atom stereocenters. The Balaban J connectivity index is 2.00. The molecule has 0 saturated carbocycles. The second kappa shape index (κ2) is 10.7. The van der Waals surface area contributed by atoms with E-state index in [2.05, 4.69) is 5.32 Å². The number of rotatable bonds is 11. The first-order valence-corrected chi connectivity index (χ1v) is 9.87. The number of fused-ring (bicyclic) bond motifs is 1. The summed E-state index contributed by atoms with van der Waals surface area (Å²) in [6.45, 7) is 0.477. The van der Waals surface area contributed by atoms with Gasteiger partial charge in [-0.2, -0.15) is 0 Å². The summed E-state index contributed by atoms with van der Waals surface area (Å²) in [5.41, 5.74) is 12.4. The van der Waals surface area contributed by atoms with Gasteiger partial charge in [-0.15, -0.1) is 0 Å². The Kier molecular flexibility index (Phi) is 8.31. The number of nitrogens with zero attached hydrogens (tertiary/aromatic N) is 1. The molecule has 0 aliphatic carbocycles. The highest BCUT2D eigenvalue weighted by molar-refractivity contribution is 6.02. The third-order valence-electron chi connectivity index (χ3n) is 5.10. The Morgan fingerprint density at radius 1 is 1.13 bits per heavy atom. The lowest BCUT2D eigenvalue weighted by molar-refractivity contribution is -0.142. The number of carbonyl (C=O) groups is 4. The molecule has 2 amide bonds. The Hall–Kier alpha value is -2.98. The summed E-state index contributed by atoms with van der Waals surface area (Å²) < 4.78 is 0. The Labute approximate surface area is 174 Å². The van der Waals surface area contributed by atoms with Crippen LogP contribution in [0.5, 0.6) is 0 Å². The number of para-hydroxylation sites is 1. The minimum Gasteiger partial charge on any atom is -0.480 e. The smallest absolute Gasteiger partial charge is 0.327 e. The van der Waals surface area contributed by atoms with Crippen LogP contribution in [0.25, 0.3) is 0 Å². The van der Waals surface area contributed by atoms with Gasteiger partial charge in [0.15, 0.2) is 0 Å². The Morgan fingerprint density at radius 3 is 2.47 bits per heavy atom. The molecule has 7 N–H and O–H groups in total. The van der Waals surface area contributed by atoms with Gasteiger partial charge in [0.25, 0.3) is 0 Å². The number of hydrogen-bond donors (Lipinski definition) is 5. The van der Waals surface area contributed by atoms with Crippen molar-refractivity contribution in [2.45, 2.75) is 56.7 Å². The number of hydrogen-bond acceptors (Lipinski definition) is 6. The molecule has 1 aromatic carbocycles. The Morgan fingerprint density at radius 2 is 1.83 bits per heavy atom. The molecule has 0 spiro atoms. The molecule has 0 fully saturated rings. The fourth-order valence-corrected chi connectivity index (χ4v) is 3.46. The average Bonchev–Trinajstić information content (AvgIpc) is 3.10. The molecule has 10 heteroatoms. The Bertz CT molecular complexity index is 799. The second-order valence-electron chi connectivity index (χ2n) is 7.28. The number of nitrogens with two attached hydrogens (primary N) is 2. The summed E-state index contributed by atoms with van der Waals surface area (Å²) in [7, 11) is 0. The van der Waals surface area contributed by atoms with Crippen LogP contribution < -0.4 is 21.7 Å². The van der Waals surface area contributed by atoms with E-state index < -0.39 is 41.9 Å². The van der Waals surface area contributed by atoms with Crippen LogP contribution in [0.2, 0.25) is 0 Å². The van der Waals surface area contributed by atoms with Crippen LogP contribution in [0.1, 0.15) is 37.7 Å². The first-order chi connectivity index (χ1) is 14.3. The lowest BCUT2D eigenvalue weighted by Crippen LogP contribution is -2.49. The molecule has 0 aromatic heterocycles. The zero-order valence-corrected chi connectivity index (χ0v) is 16.6. The molecule has 10 nitrogen and oxygen atoms in total. The van der Waals surface area contributed by atoms with Crippen molar-refractivity contribution in [1.29, 1.82) is 0 Å². The number of carboxylic acid groups (broad SMARTS) is 2. The predicted molar refractivity (Wildman–Crippen MR) is 109 cm³/mol. The number of carbonyl (C=O) groups excluding carboxylic acids is 2. The number of carboxylic acids is 2. The first-order valence-electron chi connectivity index (χ1n) is 9.87. The third-order valence-corrected chi connectivity index (χ3v) is 5.10. The number of benzene rings is 1. The molecular weight excluding hydrogens is 392 g/mol. The molecule has 3 atom stereocenters. The van der Waals surface area contributed by atoms with E-state index in [0.717, 1.165) is 5.56 Å². The van der Waals surface area contributed by atoms with E-state index in [4.69, 9.17) is 11.5 Å². The van der Waals surface area contributed by atoms with E-state index in [9.17, 15) is 29.4 Å². The van der Waals surface area contributed by atoms with Crippen LogP contribution >= 0.6 is 0 Å². The first kappa shape index (κ1) is 23.3. The van der Waals surface area contributed by atoms with Crippen molar-refractivity contribution in [3.63, 3.8) is 0 Å². The summed E-state index contributed by atoms with van der Waals surface area (Å²) in [4.78, 5) is 49.2. The van der Waals surface area contributed by atoms with Gasteiger partial charge in [0.1, 0.15) is 12.1 Å². The molecule has 0 saturated heterocycles. The molecule has 0 bridgehead atoms. The third kappa shape index (κ3) is 5.77. The van der Waals surface area contributed by atoms with Crippen molar-refractivity contribution in [2.24, 2.45) is 11.5 Å². The number of unbranched alkanes of at least 4 members (excludes halogenated alkanes) is 1. The summed E-state index contributed by atoms with van der Waals surface area (Å²) in [5, 5.41) is 21.2. The average molecular weight is 420 g/mol. The SMILES string of the molecule is NCCCCC(N)C(=O)N[C@H](CCC(=O)N1c2ccccc2C[C@H]1C(=O)O)C(=O)O. The van der Waals surface area contributed by atoms with Crippen molar-refractivity contribution in [1.82, 2.24) is 5.32 Å². The lowest BCUT2D eigenvalue weighted by atomic mass is 10.1. The van der Waals surface area contributed by atoms with Crippen molar-refractivity contribution >= 4 is 29.4 Å². The van der Waals surface area contributed by atoms with Crippen LogP contribution in [-0.2, 0) is 25.6 Å². The maximum Gasteiger partial charge on any atom is 0.327 e. The highest BCUT2D eigenvalue weighted by Gasteiger charge is 2.38. The fourth-order valence-electron chi connectivity index (χ4n) is 3.46. The molecule has 30 heavy (non-hydrogen) atoms. The zero-order valence-electron chi connectivity index (χ0n) is 16.6. The van der Waals surface area contributed by atoms with Crippen molar-refractivity contribution in [3.05, 3.63) is 29.8 Å².